The number of aromatic nitrogens is 4. The second-order valence-corrected chi connectivity index (χ2v) is 13.8. The summed E-state index contributed by atoms with van der Waals surface area (Å²) in [5.74, 6) is -0.521. The van der Waals surface area contributed by atoms with E-state index in [4.69, 9.17) is 19.9 Å². The van der Waals surface area contributed by atoms with Crippen LogP contribution in [0.3, 0.4) is 0 Å². The number of carbonyl (C=O) groups excluding carboxylic acids is 1. The molecule has 5 rings (SSSR count). The molecule has 12 heteroatoms. The van der Waals surface area contributed by atoms with E-state index in [1.54, 1.807) is 6.33 Å². The zero-order chi connectivity index (χ0) is 30.5. The smallest absolute Gasteiger partial charge is 0.319 e. The lowest BCUT2D eigenvalue weighted by Gasteiger charge is -2.33. The topological polar surface area (TPSA) is 142 Å². The van der Waals surface area contributed by atoms with Gasteiger partial charge in [0.2, 0.25) is 5.72 Å². The van der Waals surface area contributed by atoms with Crippen molar-refractivity contribution in [2.24, 2.45) is 5.41 Å². The fourth-order valence-corrected chi connectivity index (χ4v) is 5.94. The number of amides is 2. The van der Waals surface area contributed by atoms with Gasteiger partial charge < -0.3 is 35.5 Å². The average Bonchev–Trinajstić information content (AvgIpc) is 3.53. The van der Waals surface area contributed by atoms with Gasteiger partial charge >= 0.3 is 6.03 Å². The SMILES string of the molecule is CN(CC1OCC2(n3cnc4c(N)ncnc43)OC(C)(C)OC12)CC(C)(C)CNC(=O)Nc1ccc(C(C)(C)C)cc1. The highest BCUT2D eigenvalue weighted by Gasteiger charge is 2.63. The number of anilines is 2. The van der Waals surface area contributed by atoms with Crippen LogP contribution in [0.1, 0.15) is 54.0 Å². The van der Waals surface area contributed by atoms with Gasteiger partial charge in [0.1, 0.15) is 24.1 Å². The molecule has 4 heterocycles. The quantitative estimate of drug-likeness (QED) is 0.364. The largest absolute Gasteiger partial charge is 0.382 e. The summed E-state index contributed by atoms with van der Waals surface area (Å²) in [4.78, 5) is 27.8. The number of nitrogens with one attached hydrogen (secondary N) is 2. The van der Waals surface area contributed by atoms with Crippen LogP contribution in [0.25, 0.3) is 11.2 Å². The van der Waals surface area contributed by atoms with Crippen molar-refractivity contribution in [3.63, 3.8) is 0 Å². The fraction of sp³-hybridized carbons (Fsp3) is 0.600. The number of hydrogen-bond donors (Lipinski definition) is 3. The molecule has 3 aromatic rings. The Hall–Kier alpha value is -3.32. The maximum Gasteiger partial charge on any atom is 0.319 e. The zero-order valence-corrected chi connectivity index (χ0v) is 25.9. The predicted octanol–water partition coefficient (Wildman–Crippen LogP) is 3.69. The maximum atomic E-state index is 12.6. The molecule has 2 aromatic heterocycles. The summed E-state index contributed by atoms with van der Waals surface area (Å²) < 4.78 is 21.1. The van der Waals surface area contributed by atoms with Gasteiger partial charge in [-0.25, -0.2) is 19.7 Å². The van der Waals surface area contributed by atoms with E-state index in [2.05, 4.69) is 65.1 Å². The number of likely N-dealkylation sites (N-methyl/N-ethyl adjacent to an activating group) is 1. The van der Waals surface area contributed by atoms with Crippen LogP contribution in [0.2, 0.25) is 0 Å². The Morgan fingerprint density at radius 3 is 2.55 bits per heavy atom. The summed E-state index contributed by atoms with van der Waals surface area (Å²) in [6.07, 6.45) is 2.42. The zero-order valence-electron chi connectivity index (χ0n) is 25.9. The van der Waals surface area contributed by atoms with Crippen molar-refractivity contribution in [1.82, 2.24) is 29.7 Å². The van der Waals surface area contributed by atoms with Crippen molar-refractivity contribution in [2.75, 3.05) is 44.3 Å². The maximum absolute atomic E-state index is 12.6. The number of nitrogen functional groups attached to an aromatic ring is 1. The van der Waals surface area contributed by atoms with Crippen LogP contribution in [0.4, 0.5) is 16.3 Å². The van der Waals surface area contributed by atoms with Gasteiger partial charge in [0, 0.05) is 25.3 Å². The molecular weight excluding hydrogens is 536 g/mol. The van der Waals surface area contributed by atoms with E-state index >= 15 is 0 Å². The van der Waals surface area contributed by atoms with Crippen LogP contribution in [-0.4, -0.2) is 81.7 Å². The van der Waals surface area contributed by atoms with Crippen LogP contribution in [0.15, 0.2) is 36.9 Å². The molecule has 2 aliphatic rings. The standard InChI is InChI=1S/C30H44N8O4/c1-27(2,3)19-9-11-20(12-10-19)36-26(39)32-14-28(4,5)15-37(8)13-21-23-30(16-40-21,42-29(6,7)41-23)38-18-35-22-24(31)33-17-34-25(22)38/h9-12,17-18,21,23H,13-16H2,1-8H3,(H2,31,33,34)(H2,32,36,39). The lowest BCUT2D eigenvalue weighted by molar-refractivity contribution is -0.205. The molecule has 12 nitrogen and oxygen atoms in total. The minimum absolute atomic E-state index is 0.0618. The van der Waals surface area contributed by atoms with Crippen molar-refractivity contribution in [1.29, 1.82) is 0 Å². The van der Waals surface area contributed by atoms with Gasteiger partial charge in [-0.3, -0.25) is 4.57 Å². The molecule has 0 aliphatic carbocycles. The second kappa shape index (κ2) is 10.7. The van der Waals surface area contributed by atoms with E-state index in [1.807, 2.05) is 49.7 Å². The summed E-state index contributed by atoms with van der Waals surface area (Å²) in [6, 6.07) is 7.74. The predicted molar refractivity (Wildman–Crippen MR) is 161 cm³/mol. The molecule has 0 radical (unpaired) electrons. The van der Waals surface area contributed by atoms with Gasteiger partial charge in [0.25, 0.3) is 0 Å². The Balaban J connectivity index is 1.19. The molecule has 2 saturated heterocycles. The van der Waals surface area contributed by atoms with Gasteiger partial charge in [-0.05, 0) is 49.4 Å². The number of nitrogens with two attached hydrogens (primary N) is 1. The number of carbonyl (C=O) groups is 1. The molecule has 0 spiro atoms. The van der Waals surface area contributed by atoms with Crippen LogP contribution in [0, 0.1) is 5.41 Å². The highest BCUT2D eigenvalue weighted by molar-refractivity contribution is 5.89. The molecule has 0 saturated carbocycles. The summed E-state index contributed by atoms with van der Waals surface area (Å²) in [6.45, 7) is 16.6. The Bertz CT molecular complexity index is 1430. The summed E-state index contributed by atoms with van der Waals surface area (Å²) in [5.41, 5.74) is 8.02. The minimum Gasteiger partial charge on any atom is -0.382 e. The number of rotatable bonds is 8. The average molecular weight is 581 g/mol. The number of hydrogen-bond acceptors (Lipinski definition) is 9. The highest BCUT2D eigenvalue weighted by atomic mass is 16.8. The Kier molecular flexibility index (Phi) is 7.71. The fourth-order valence-electron chi connectivity index (χ4n) is 5.94. The molecular formula is C30H44N8O4. The van der Waals surface area contributed by atoms with Crippen molar-refractivity contribution >= 4 is 28.7 Å². The minimum atomic E-state index is -0.940. The number of fused-ring (bicyclic) bond motifs is 2. The summed E-state index contributed by atoms with van der Waals surface area (Å²) >= 11 is 0. The molecule has 2 aliphatic heterocycles. The lowest BCUT2D eigenvalue weighted by atomic mass is 9.87. The van der Waals surface area contributed by atoms with Gasteiger partial charge in [0.05, 0.1) is 12.9 Å². The van der Waals surface area contributed by atoms with Crippen molar-refractivity contribution in [2.45, 2.75) is 77.6 Å². The van der Waals surface area contributed by atoms with Crippen LogP contribution < -0.4 is 16.4 Å². The molecule has 2 fully saturated rings. The first-order valence-electron chi connectivity index (χ1n) is 14.4. The van der Waals surface area contributed by atoms with E-state index in [0.29, 0.717) is 30.1 Å². The number of ether oxygens (including phenoxy) is 3. The Morgan fingerprint density at radius 2 is 1.86 bits per heavy atom. The first-order chi connectivity index (χ1) is 19.6. The van der Waals surface area contributed by atoms with Crippen molar-refractivity contribution in [3.8, 4) is 0 Å². The number of nitrogens with zero attached hydrogens (tertiary/aromatic N) is 5. The van der Waals surface area contributed by atoms with Crippen LogP contribution >= 0.6 is 0 Å². The van der Waals surface area contributed by atoms with Crippen molar-refractivity contribution < 1.29 is 19.0 Å². The van der Waals surface area contributed by atoms with Crippen molar-refractivity contribution in [3.05, 3.63) is 42.5 Å². The molecule has 42 heavy (non-hydrogen) atoms. The third-order valence-electron chi connectivity index (χ3n) is 7.82. The third kappa shape index (κ3) is 6.07. The van der Waals surface area contributed by atoms with Gasteiger partial charge in [-0.2, -0.15) is 0 Å². The van der Waals surface area contributed by atoms with Gasteiger partial charge in [0.15, 0.2) is 17.3 Å². The molecule has 3 unspecified atom stereocenters. The van der Waals surface area contributed by atoms with E-state index in [1.165, 1.54) is 11.9 Å². The van der Waals surface area contributed by atoms with E-state index in [0.717, 1.165) is 12.2 Å². The molecule has 1 aromatic carbocycles. The number of imidazole rings is 1. The van der Waals surface area contributed by atoms with Gasteiger partial charge in [-0.15, -0.1) is 0 Å². The molecule has 0 bridgehead atoms. The number of benzene rings is 1. The lowest BCUT2D eigenvalue weighted by Crippen LogP contribution is -2.48. The summed E-state index contributed by atoms with van der Waals surface area (Å²) in [7, 11) is 2.05. The third-order valence-corrected chi connectivity index (χ3v) is 7.82. The molecule has 228 valence electrons. The molecule has 3 atom stereocenters. The van der Waals surface area contributed by atoms with Crippen LogP contribution in [-0.2, 0) is 25.4 Å². The first-order valence-corrected chi connectivity index (χ1v) is 14.4. The van der Waals surface area contributed by atoms with Crippen LogP contribution in [0.5, 0.6) is 0 Å². The second-order valence-electron chi connectivity index (χ2n) is 13.8. The first kappa shape index (κ1) is 30.1. The molecule has 4 N–H and O–H groups in total. The van der Waals surface area contributed by atoms with E-state index < -0.39 is 17.6 Å². The Labute approximate surface area is 247 Å². The summed E-state index contributed by atoms with van der Waals surface area (Å²) in [5, 5.41) is 5.96. The highest BCUT2D eigenvalue weighted by Crippen LogP contribution is 2.47. The van der Waals surface area contributed by atoms with E-state index in [-0.39, 0.29) is 29.6 Å². The Morgan fingerprint density at radius 1 is 1.14 bits per heavy atom. The monoisotopic (exact) mass is 580 g/mol. The van der Waals surface area contributed by atoms with E-state index in [9.17, 15) is 4.79 Å². The molecule has 2 amide bonds. The van der Waals surface area contributed by atoms with Gasteiger partial charge in [-0.1, -0.05) is 46.8 Å². The normalized spacial score (nSPS) is 23.8. The number of urea groups is 1.